The normalized spacial score (nSPS) is 15.2. The molecule has 1 atom stereocenters. The van der Waals surface area contributed by atoms with E-state index in [-0.39, 0.29) is 23.6 Å². The lowest BCUT2D eigenvalue weighted by Gasteiger charge is -2.13. The van der Waals surface area contributed by atoms with Crippen LogP contribution in [0.4, 0.5) is 0 Å². The highest BCUT2D eigenvalue weighted by Crippen LogP contribution is 2.32. The van der Waals surface area contributed by atoms with Crippen LogP contribution in [0.5, 0.6) is 5.75 Å². The quantitative estimate of drug-likeness (QED) is 0.819. The highest BCUT2D eigenvalue weighted by atomic mass is 35.5. The smallest absolute Gasteiger partial charge is 0.337 e. The van der Waals surface area contributed by atoms with E-state index in [4.69, 9.17) is 16.3 Å². The van der Waals surface area contributed by atoms with Gasteiger partial charge in [-0.25, -0.2) is 4.79 Å². The number of hydrogen-bond donors (Lipinski definition) is 1. The number of carbonyl (C=O) groups is 2. The van der Waals surface area contributed by atoms with Crippen molar-refractivity contribution in [1.82, 2.24) is 5.32 Å². The van der Waals surface area contributed by atoms with E-state index in [9.17, 15) is 9.59 Å². The van der Waals surface area contributed by atoms with Crippen LogP contribution in [-0.2, 0) is 9.53 Å². The maximum Gasteiger partial charge on any atom is 0.337 e. The molecule has 0 spiro atoms. The first-order valence-electron chi connectivity index (χ1n) is 6.81. The molecular weight excluding hydrogens is 294 g/mol. The Hall–Kier alpha value is -1.75. The maximum absolute atomic E-state index is 11.7. The lowest BCUT2D eigenvalue weighted by atomic mass is 10.2. The number of methoxy groups -OCH3 is 1. The van der Waals surface area contributed by atoms with E-state index in [1.807, 2.05) is 6.92 Å². The van der Waals surface area contributed by atoms with Crippen molar-refractivity contribution in [2.75, 3.05) is 13.7 Å². The van der Waals surface area contributed by atoms with Crippen molar-refractivity contribution in [1.29, 1.82) is 0 Å². The Bertz CT molecular complexity index is 542. The molecule has 5 nitrogen and oxygen atoms in total. The zero-order chi connectivity index (χ0) is 15.4. The zero-order valence-corrected chi connectivity index (χ0v) is 12.8. The number of esters is 1. The van der Waals surface area contributed by atoms with Crippen molar-refractivity contribution >= 4 is 23.5 Å². The van der Waals surface area contributed by atoms with Crippen LogP contribution in [0.1, 0.15) is 30.1 Å². The van der Waals surface area contributed by atoms with Gasteiger partial charge in [-0.15, -0.1) is 0 Å². The molecule has 1 aromatic rings. The Kier molecular flexibility index (Phi) is 5.07. The summed E-state index contributed by atoms with van der Waals surface area (Å²) in [5.41, 5.74) is 0.335. The van der Waals surface area contributed by atoms with E-state index in [1.54, 1.807) is 6.07 Å². The summed E-state index contributed by atoms with van der Waals surface area (Å²) in [4.78, 5) is 23.1. The van der Waals surface area contributed by atoms with Gasteiger partial charge < -0.3 is 14.8 Å². The first-order chi connectivity index (χ1) is 10.0. The average Bonchev–Trinajstić information content (AvgIpc) is 3.29. The summed E-state index contributed by atoms with van der Waals surface area (Å²) >= 11 is 6.02. The van der Waals surface area contributed by atoms with Crippen molar-refractivity contribution in [3.63, 3.8) is 0 Å². The molecule has 0 saturated heterocycles. The number of rotatable bonds is 6. The molecule has 0 aromatic heterocycles. The van der Waals surface area contributed by atoms with Gasteiger partial charge in [-0.3, -0.25) is 4.79 Å². The van der Waals surface area contributed by atoms with Crippen LogP contribution in [0.15, 0.2) is 18.2 Å². The van der Waals surface area contributed by atoms with Gasteiger partial charge in [-0.05, 0) is 43.9 Å². The number of amides is 1. The number of halogens is 1. The molecule has 1 saturated carbocycles. The predicted octanol–water partition coefficient (Wildman–Crippen LogP) is 2.42. The van der Waals surface area contributed by atoms with Gasteiger partial charge >= 0.3 is 5.97 Å². The fourth-order valence-corrected chi connectivity index (χ4v) is 2.25. The molecule has 114 valence electrons. The highest BCUT2D eigenvalue weighted by Gasteiger charge is 2.28. The van der Waals surface area contributed by atoms with Crippen molar-refractivity contribution in [2.24, 2.45) is 5.92 Å². The molecule has 0 heterocycles. The number of benzene rings is 1. The van der Waals surface area contributed by atoms with Gasteiger partial charge in [0, 0.05) is 6.04 Å². The van der Waals surface area contributed by atoms with Crippen molar-refractivity contribution in [3.8, 4) is 5.75 Å². The number of ether oxygens (including phenoxy) is 2. The van der Waals surface area contributed by atoms with Gasteiger partial charge in [-0.2, -0.15) is 0 Å². The van der Waals surface area contributed by atoms with Crippen molar-refractivity contribution in [3.05, 3.63) is 28.8 Å². The van der Waals surface area contributed by atoms with E-state index in [0.29, 0.717) is 17.2 Å². The van der Waals surface area contributed by atoms with E-state index < -0.39 is 5.97 Å². The van der Waals surface area contributed by atoms with Gasteiger partial charge in [0.25, 0.3) is 5.91 Å². The molecule has 2 rings (SSSR count). The third kappa shape index (κ3) is 4.36. The topological polar surface area (TPSA) is 64.6 Å². The van der Waals surface area contributed by atoms with Crippen molar-refractivity contribution in [2.45, 2.75) is 25.8 Å². The highest BCUT2D eigenvalue weighted by molar-refractivity contribution is 6.32. The largest absolute Gasteiger partial charge is 0.482 e. The summed E-state index contributed by atoms with van der Waals surface area (Å²) in [5.74, 6) is 0.303. The van der Waals surface area contributed by atoms with Gasteiger partial charge in [0.05, 0.1) is 17.7 Å². The standard InChI is InChI=1S/C15H18ClNO4/c1-9(10-3-4-10)17-14(18)8-21-13-6-5-11(7-12(13)16)15(19)20-2/h5-7,9-10H,3-4,8H2,1-2H3,(H,17,18)/t9-/m1/s1. The molecule has 1 aromatic carbocycles. The van der Waals surface area contributed by atoms with Gasteiger partial charge in [0.1, 0.15) is 5.75 Å². The summed E-state index contributed by atoms with van der Waals surface area (Å²) in [6.07, 6.45) is 2.34. The second-order valence-corrected chi connectivity index (χ2v) is 5.53. The molecule has 1 amide bonds. The number of hydrogen-bond acceptors (Lipinski definition) is 4. The summed E-state index contributed by atoms with van der Waals surface area (Å²) in [6.45, 7) is 1.89. The summed E-state index contributed by atoms with van der Waals surface area (Å²) in [7, 11) is 1.30. The summed E-state index contributed by atoms with van der Waals surface area (Å²) < 4.78 is 9.97. The Morgan fingerprint density at radius 3 is 2.71 bits per heavy atom. The fraction of sp³-hybridized carbons (Fsp3) is 0.467. The van der Waals surface area contributed by atoms with Crippen molar-refractivity contribution < 1.29 is 19.1 Å². The van der Waals surface area contributed by atoms with Crippen LogP contribution in [0.3, 0.4) is 0 Å². The molecular formula is C15H18ClNO4. The van der Waals surface area contributed by atoms with Gasteiger partial charge in [0.15, 0.2) is 6.61 Å². The second kappa shape index (κ2) is 6.80. The van der Waals surface area contributed by atoms with E-state index >= 15 is 0 Å². The average molecular weight is 312 g/mol. The minimum absolute atomic E-state index is 0.103. The number of carbonyl (C=O) groups excluding carboxylic acids is 2. The van der Waals surface area contributed by atoms with Crippen LogP contribution in [0, 0.1) is 5.92 Å². The molecule has 0 bridgehead atoms. The lowest BCUT2D eigenvalue weighted by molar-refractivity contribution is -0.123. The van der Waals surface area contributed by atoms with Gasteiger partial charge in [0.2, 0.25) is 0 Å². The Labute approximate surface area is 128 Å². The molecule has 0 radical (unpaired) electrons. The first kappa shape index (κ1) is 15.6. The fourth-order valence-electron chi connectivity index (χ4n) is 2.02. The zero-order valence-electron chi connectivity index (χ0n) is 12.0. The molecule has 0 aliphatic heterocycles. The Morgan fingerprint density at radius 2 is 2.14 bits per heavy atom. The molecule has 6 heteroatoms. The van der Waals surface area contributed by atoms with Crippen LogP contribution in [0.2, 0.25) is 5.02 Å². The van der Waals surface area contributed by atoms with E-state index in [2.05, 4.69) is 10.1 Å². The lowest BCUT2D eigenvalue weighted by Crippen LogP contribution is -2.37. The maximum atomic E-state index is 11.7. The minimum atomic E-state index is -0.473. The summed E-state index contributed by atoms with van der Waals surface area (Å²) in [6, 6.07) is 4.72. The molecule has 1 aliphatic rings. The Morgan fingerprint density at radius 1 is 1.43 bits per heavy atom. The molecule has 1 aliphatic carbocycles. The van der Waals surface area contributed by atoms with Crippen LogP contribution in [-0.4, -0.2) is 31.6 Å². The predicted molar refractivity (Wildman–Crippen MR) is 78.6 cm³/mol. The molecule has 1 fully saturated rings. The third-order valence-electron chi connectivity index (χ3n) is 3.43. The first-order valence-corrected chi connectivity index (χ1v) is 7.19. The number of nitrogens with one attached hydrogen (secondary N) is 1. The minimum Gasteiger partial charge on any atom is -0.482 e. The summed E-state index contributed by atoms with van der Waals surface area (Å²) in [5, 5.41) is 3.15. The monoisotopic (exact) mass is 311 g/mol. The molecule has 0 unspecified atom stereocenters. The van der Waals surface area contributed by atoms with E-state index in [0.717, 1.165) is 0 Å². The SMILES string of the molecule is COC(=O)c1ccc(OCC(=O)N[C@H](C)C2CC2)c(Cl)c1. The molecule has 1 N–H and O–H groups in total. The van der Waals surface area contributed by atoms with Crippen LogP contribution in [0.25, 0.3) is 0 Å². The second-order valence-electron chi connectivity index (χ2n) is 5.12. The third-order valence-corrected chi connectivity index (χ3v) is 3.72. The van der Waals surface area contributed by atoms with Crippen LogP contribution >= 0.6 is 11.6 Å². The van der Waals surface area contributed by atoms with E-state index in [1.165, 1.54) is 32.1 Å². The molecule has 21 heavy (non-hydrogen) atoms. The van der Waals surface area contributed by atoms with Crippen LogP contribution < -0.4 is 10.1 Å². The van der Waals surface area contributed by atoms with Gasteiger partial charge in [-0.1, -0.05) is 11.6 Å². The Balaban J connectivity index is 1.87.